The van der Waals surface area contributed by atoms with Crippen molar-refractivity contribution in [2.75, 3.05) is 5.73 Å². The Morgan fingerprint density at radius 2 is 1.83 bits per heavy atom. The van der Waals surface area contributed by atoms with Crippen LogP contribution in [-0.2, 0) is 6.42 Å². The second-order valence-electron chi connectivity index (χ2n) is 4.76. The number of rotatable bonds is 4. The van der Waals surface area contributed by atoms with Crippen LogP contribution in [0.4, 0.5) is 5.82 Å². The molecule has 0 aliphatic heterocycles. The van der Waals surface area contributed by atoms with E-state index >= 15 is 0 Å². The Hall–Kier alpha value is -2.80. The molecule has 0 amide bonds. The molecule has 23 heavy (non-hydrogen) atoms. The number of hydrogen-bond acceptors (Lipinski definition) is 4. The number of hydrogen-bond donors (Lipinski definition) is 4. The standard InChI is InChI=1S/C15H13ClN2O5/c1-2-6-5-7(3-4-8(6)16)9-10(14(20)21)12(17)18-13(19)11(9)15(22)23/h3-5H,2H2,1H3,(H,20,21)(H,22,23)(H3,17,18,19). The number of nitrogens with two attached hydrogens (primary N) is 1. The quantitative estimate of drug-likeness (QED) is 0.676. The third-order valence-corrected chi connectivity index (χ3v) is 3.76. The maximum absolute atomic E-state index is 11.9. The van der Waals surface area contributed by atoms with E-state index < -0.39 is 34.4 Å². The first-order chi connectivity index (χ1) is 10.8. The molecule has 1 aromatic carbocycles. The number of carboxylic acids is 2. The number of benzene rings is 1. The minimum atomic E-state index is -1.54. The second-order valence-corrected chi connectivity index (χ2v) is 5.17. The van der Waals surface area contributed by atoms with Gasteiger partial charge in [-0.05, 0) is 29.7 Å². The largest absolute Gasteiger partial charge is 0.478 e. The van der Waals surface area contributed by atoms with E-state index in [-0.39, 0.29) is 11.1 Å². The molecule has 0 bridgehead atoms. The summed E-state index contributed by atoms with van der Waals surface area (Å²) in [6, 6.07) is 4.52. The third-order valence-electron chi connectivity index (χ3n) is 3.39. The van der Waals surface area contributed by atoms with Crippen molar-refractivity contribution in [1.82, 2.24) is 4.98 Å². The molecule has 0 saturated carbocycles. The SMILES string of the molecule is CCc1cc(-c2c(C(=O)O)c(N)[nH]c(=O)c2C(=O)O)ccc1Cl. The molecule has 2 rings (SSSR count). The number of anilines is 1. The van der Waals surface area contributed by atoms with Crippen LogP contribution in [0.1, 0.15) is 33.2 Å². The normalized spacial score (nSPS) is 10.5. The van der Waals surface area contributed by atoms with Crippen LogP contribution in [0.2, 0.25) is 5.02 Å². The molecular weight excluding hydrogens is 324 g/mol. The van der Waals surface area contributed by atoms with Gasteiger partial charge in [-0.25, -0.2) is 9.59 Å². The summed E-state index contributed by atoms with van der Waals surface area (Å²) in [5, 5.41) is 19.1. The zero-order valence-electron chi connectivity index (χ0n) is 12.0. The maximum Gasteiger partial charge on any atom is 0.342 e. The molecule has 1 heterocycles. The fraction of sp³-hybridized carbons (Fsp3) is 0.133. The number of carbonyl (C=O) groups is 2. The summed E-state index contributed by atoms with van der Waals surface area (Å²) >= 11 is 6.03. The molecule has 0 spiro atoms. The van der Waals surface area contributed by atoms with E-state index in [1.165, 1.54) is 12.1 Å². The van der Waals surface area contributed by atoms with Crippen LogP contribution in [0, 0.1) is 0 Å². The summed E-state index contributed by atoms with van der Waals surface area (Å²) in [5.74, 6) is -3.39. The highest BCUT2D eigenvalue weighted by Crippen LogP contribution is 2.31. The maximum atomic E-state index is 11.9. The zero-order valence-corrected chi connectivity index (χ0v) is 12.8. The predicted octanol–water partition coefficient (Wildman–Crippen LogP) is 2.24. The summed E-state index contributed by atoms with van der Waals surface area (Å²) in [7, 11) is 0. The highest BCUT2D eigenvalue weighted by atomic mass is 35.5. The van der Waals surface area contributed by atoms with Crippen molar-refractivity contribution in [1.29, 1.82) is 0 Å². The minimum absolute atomic E-state index is 0.238. The van der Waals surface area contributed by atoms with Gasteiger partial charge < -0.3 is 20.9 Å². The topological polar surface area (TPSA) is 133 Å². The van der Waals surface area contributed by atoms with Gasteiger partial charge in [-0.2, -0.15) is 0 Å². The number of carboxylic acid groups (broad SMARTS) is 2. The number of aryl methyl sites for hydroxylation is 1. The Morgan fingerprint density at radius 3 is 2.35 bits per heavy atom. The second kappa shape index (κ2) is 6.13. The van der Waals surface area contributed by atoms with Crippen LogP contribution in [0.3, 0.4) is 0 Å². The first-order valence-corrected chi connectivity index (χ1v) is 6.96. The number of nitrogen functional groups attached to an aromatic ring is 1. The van der Waals surface area contributed by atoms with Crippen molar-refractivity contribution in [2.45, 2.75) is 13.3 Å². The van der Waals surface area contributed by atoms with Gasteiger partial charge in [0.2, 0.25) is 0 Å². The number of halogens is 1. The lowest BCUT2D eigenvalue weighted by Crippen LogP contribution is -2.24. The summed E-state index contributed by atoms with van der Waals surface area (Å²) < 4.78 is 0. The summed E-state index contributed by atoms with van der Waals surface area (Å²) in [4.78, 5) is 36.9. The van der Waals surface area contributed by atoms with Crippen molar-refractivity contribution in [3.05, 3.63) is 50.3 Å². The van der Waals surface area contributed by atoms with E-state index in [4.69, 9.17) is 17.3 Å². The molecule has 0 fully saturated rings. The molecule has 5 N–H and O–H groups in total. The monoisotopic (exact) mass is 336 g/mol. The van der Waals surface area contributed by atoms with E-state index in [9.17, 15) is 24.6 Å². The molecule has 8 heteroatoms. The van der Waals surface area contributed by atoms with Gasteiger partial charge in [0, 0.05) is 10.6 Å². The molecule has 0 radical (unpaired) electrons. The Kier molecular flexibility index (Phi) is 4.42. The van der Waals surface area contributed by atoms with Gasteiger partial charge in [0.25, 0.3) is 5.56 Å². The molecule has 0 aliphatic rings. The molecule has 2 aromatic rings. The third kappa shape index (κ3) is 2.91. The number of pyridine rings is 1. The molecule has 7 nitrogen and oxygen atoms in total. The first kappa shape index (κ1) is 16.6. The lowest BCUT2D eigenvalue weighted by molar-refractivity contribution is 0.0695. The Labute approximate surface area is 135 Å². The Morgan fingerprint density at radius 1 is 1.22 bits per heavy atom. The van der Waals surface area contributed by atoms with Crippen molar-refractivity contribution < 1.29 is 19.8 Å². The molecule has 0 aliphatic carbocycles. The lowest BCUT2D eigenvalue weighted by atomic mass is 9.94. The fourth-order valence-electron chi connectivity index (χ4n) is 2.34. The molecule has 120 valence electrons. The lowest BCUT2D eigenvalue weighted by Gasteiger charge is -2.13. The number of aromatic carboxylic acids is 2. The van der Waals surface area contributed by atoms with Gasteiger partial charge in [0.15, 0.2) is 0 Å². The highest BCUT2D eigenvalue weighted by Gasteiger charge is 2.26. The summed E-state index contributed by atoms with van der Waals surface area (Å²) in [5.41, 5.74) is 4.16. The smallest absolute Gasteiger partial charge is 0.342 e. The van der Waals surface area contributed by atoms with Gasteiger partial charge in [-0.1, -0.05) is 24.6 Å². The first-order valence-electron chi connectivity index (χ1n) is 6.59. The number of nitrogens with one attached hydrogen (secondary N) is 1. The summed E-state index contributed by atoms with van der Waals surface area (Å²) in [6.07, 6.45) is 0.552. The van der Waals surface area contributed by atoms with Crippen molar-refractivity contribution in [2.24, 2.45) is 0 Å². The van der Waals surface area contributed by atoms with Gasteiger partial charge in [-0.3, -0.25) is 4.79 Å². The number of aromatic nitrogens is 1. The molecule has 0 saturated heterocycles. The van der Waals surface area contributed by atoms with E-state index in [1.807, 2.05) is 6.92 Å². The number of aromatic amines is 1. The number of H-pyrrole nitrogens is 1. The average Bonchev–Trinajstić information content (AvgIpc) is 2.45. The van der Waals surface area contributed by atoms with Gasteiger partial charge in [-0.15, -0.1) is 0 Å². The molecule has 0 unspecified atom stereocenters. The van der Waals surface area contributed by atoms with Crippen molar-refractivity contribution >= 4 is 29.4 Å². The van der Waals surface area contributed by atoms with Gasteiger partial charge >= 0.3 is 11.9 Å². The van der Waals surface area contributed by atoms with Crippen LogP contribution in [0.15, 0.2) is 23.0 Å². The molecule has 1 aromatic heterocycles. The zero-order chi connectivity index (χ0) is 17.3. The van der Waals surface area contributed by atoms with E-state index in [0.29, 0.717) is 17.0 Å². The molecule has 0 atom stereocenters. The minimum Gasteiger partial charge on any atom is -0.478 e. The Bertz CT molecular complexity index is 873. The Balaban J connectivity index is 2.96. The van der Waals surface area contributed by atoms with Crippen LogP contribution < -0.4 is 11.3 Å². The fourth-order valence-corrected chi connectivity index (χ4v) is 2.59. The van der Waals surface area contributed by atoms with E-state index in [1.54, 1.807) is 6.07 Å². The van der Waals surface area contributed by atoms with E-state index in [0.717, 1.165) is 0 Å². The van der Waals surface area contributed by atoms with Crippen molar-refractivity contribution in [3.8, 4) is 11.1 Å². The average molecular weight is 337 g/mol. The predicted molar refractivity (Wildman–Crippen MR) is 85.2 cm³/mol. The van der Waals surface area contributed by atoms with Crippen LogP contribution >= 0.6 is 11.6 Å². The summed E-state index contributed by atoms with van der Waals surface area (Å²) in [6.45, 7) is 1.84. The van der Waals surface area contributed by atoms with Crippen molar-refractivity contribution in [3.63, 3.8) is 0 Å². The van der Waals surface area contributed by atoms with Crippen LogP contribution in [-0.4, -0.2) is 27.1 Å². The van der Waals surface area contributed by atoms with Gasteiger partial charge in [0.05, 0.1) is 0 Å². The van der Waals surface area contributed by atoms with Crippen LogP contribution in [0.5, 0.6) is 0 Å². The molecular formula is C15H13ClN2O5. The van der Waals surface area contributed by atoms with Crippen LogP contribution in [0.25, 0.3) is 11.1 Å². The van der Waals surface area contributed by atoms with E-state index in [2.05, 4.69) is 4.98 Å². The highest BCUT2D eigenvalue weighted by molar-refractivity contribution is 6.31. The van der Waals surface area contributed by atoms with Gasteiger partial charge in [0.1, 0.15) is 16.9 Å².